The molecular formula is C20H20Cl3N3O3S. The third kappa shape index (κ3) is 4.76. The first-order valence-corrected chi connectivity index (χ1v) is 11.7. The molecule has 3 aromatic rings. The first kappa shape index (κ1) is 22.9. The maximum Gasteiger partial charge on any atom is 0.302 e. The SMILES string of the molecule is CCn1c(C(C)NS(=O)(=O)c2ccc(Cl)c(Cl)c2Cl)cnc1Oc1ccc(C)cc1. The Kier molecular flexibility index (Phi) is 6.99. The molecule has 0 amide bonds. The van der Waals surface area contributed by atoms with Gasteiger partial charge in [-0.25, -0.2) is 18.1 Å². The van der Waals surface area contributed by atoms with Crippen molar-refractivity contribution in [3.05, 3.63) is 68.9 Å². The molecule has 0 fully saturated rings. The van der Waals surface area contributed by atoms with Gasteiger partial charge < -0.3 is 4.74 Å². The Balaban J connectivity index is 1.86. The van der Waals surface area contributed by atoms with Crippen molar-refractivity contribution in [1.29, 1.82) is 0 Å². The van der Waals surface area contributed by atoms with Gasteiger partial charge in [-0.05, 0) is 45.0 Å². The zero-order chi connectivity index (χ0) is 22.1. The normalized spacial score (nSPS) is 12.7. The molecule has 0 saturated heterocycles. The van der Waals surface area contributed by atoms with Crippen molar-refractivity contribution in [2.75, 3.05) is 0 Å². The molecule has 0 aliphatic rings. The standard InChI is InChI=1S/C20H20Cl3N3O3S/c1-4-26-16(11-24-20(26)29-14-7-5-12(2)6-8-14)13(3)25-30(27,28)17-10-9-15(21)18(22)19(17)23/h5-11,13,25H,4H2,1-3H3. The first-order chi connectivity index (χ1) is 14.1. The van der Waals surface area contributed by atoms with E-state index in [1.54, 1.807) is 17.7 Å². The highest BCUT2D eigenvalue weighted by Crippen LogP contribution is 2.35. The van der Waals surface area contributed by atoms with E-state index in [2.05, 4.69) is 9.71 Å². The summed E-state index contributed by atoms with van der Waals surface area (Å²) in [6.45, 7) is 6.16. The number of halogens is 3. The van der Waals surface area contributed by atoms with Crippen molar-refractivity contribution in [3.63, 3.8) is 0 Å². The van der Waals surface area contributed by atoms with Gasteiger partial charge in [0, 0.05) is 6.54 Å². The van der Waals surface area contributed by atoms with Crippen molar-refractivity contribution < 1.29 is 13.2 Å². The molecule has 0 aliphatic carbocycles. The number of hydrogen-bond acceptors (Lipinski definition) is 4. The number of ether oxygens (including phenoxy) is 1. The third-order valence-electron chi connectivity index (χ3n) is 4.46. The van der Waals surface area contributed by atoms with Crippen LogP contribution in [0.5, 0.6) is 11.8 Å². The van der Waals surface area contributed by atoms with E-state index in [4.69, 9.17) is 39.5 Å². The summed E-state index contributed by atoms with van der Waals surface area (Å²) < 4.78 is 36.0. The van der Waals surface area contributed by atoms with Gasteiger partial charge in [0.15, 0.2) is 0 Å². The number of nitrogens with zero attached hydrogens (tertiary/aromatic N) is 2. The average Bonchev–Trinajstić information content (AvgIpc) is 3.10. The minimum atomic E-state index is -3.96. The van der Waals surface area contributed by atoms with E-state index in [0.29, 0.717) is 24.0 Å². The summed E-state index contributed by atoms with van der Waals surface area (Å²) in [5.74, 6) is 0.642. The fourth-order valence-electron chi connectivity index (χ4n) is 2.90. The van der Waals surface area contributed by atoms with E-state index in [1.165, 1.54) is 12.1 Å². The fraction of sp³-hybridized carbons (Fsp3) is 0.250. The molecule has 30 heavy (non-hydrogen) atoms. The number of rotatable bonds is 7. The minimum Gasteiger partial charge on any atom is -0.426 e. The second-order valence-corrected chi connectivity index (χ2v) is 9.49. The number of benzene rings is 2. The Bertz CT molecular complexity index is 1160. The van der Waals surface area contributed by atoms with Crippen molar-refractivity contribution in [3.8, 4) is 11.8 Å². The minimum absolute atomic E-state index is 0.0127. The number of nitrogens with one attached hydrogen (secondary N) is 1. The predicted molar refractivity (Wildman–Crippen MR) is 119 cm³/mol. The van der Waals surface area contributed by atoms with Crippen LogP contribution in [0.1, 0.15) is 31.1 Å². The molecule has 6 nitrogen and oxygen atoms in total. The number of imidazole rings is 1. The summed E-state index contributed by atoms with van der Waals surface area (Å²) >= 11 is 18.0. The quantitative estimate of drug-likeness (QED) is 0.414. The second kappa shape index (κ2) is 9.16. The van der Waals surface area contributed by atoms with E-state index in [0.717, 1.165) is 5.56 Å². The van der Waals surface area contributed by atoms with Crippen LogP contribution in [0.4, 0.5) is 0 Å². The van der Waals surface area contributed by atoms with Gasteiger partial charge in [-0.3, -0.25) is 4.57 Å². The lowest BCUT2D eigenvalue weighted by atomic mass is 10.2. The number of sulfonamides is 1. The molecule has 160 valence electrons. The van der Waals surface area contributed by atoms with Gasteiger partial charge in [-0.2, -0.15) is 0 Å². The Morgan fingerprint density at radius 3 is 2.40 bits per heavy atom. The Hall–Kier alpha value is -1.77. The first-order valence-electron chi connectivity index (χ1n) is 9.09. The summed E-state index contributed by atoms with van der Waals surface area (Å²) in [6.07, 6.45) is 1.58. The van der Waals surface area contributed by atoms with Gasteiger partial charge in [0.1, 0.15) is 10.6 Å². The van der Waals surface area contributed by atoms with Gasteiger partial charge in [0.05, 0.1) is 33.0 Å². The maximum absolute atomic E-state index is 12.9. The van der Waals surface area contributed by atoms with Crippen molar-refractivity contribution in [2.45, 2.75) is 38.3 Å². The molecular weight excluding hydrogens is 469 g/mol. The second-order valence-electron chi connectivity index (χ2n) is 6.64. The largest absolute Gasteiger partial charge is 0.426 e. The monoisotopic (exact) mass is 487 g/mol. The van der Waals surface area contributed by atoms with Crippen LogP contribution in [0.3, 0.4) is 0 Å². The number of hydrogen-bond donors (Lipinski definition) is 1. The molecule has 2 aromatic carbocycles. The highest BCUT2D eigenvalue weighted by Gasteiger charge is 2.26. The van der Waals surface area contributed by atoms with E-state index in [9.17, 15) is 8.42 Å². The lowest BCUT2D eigenvalue weighted by Gasteiger charge is -2.18. The smallest absolute Gasteiger partial charge is 0.302 e. The molecule has 0 spiro atoms. The summed E-state index contributed by atoms with van der Waals surface area (Å²) in [7, 11) is -3.96. The molecule has 1 unspecified atom stereocenters. The fourth-order valence-corrected chi connectivity index (χ4v) is 5.09. The van der Waals surface area contributed by atoms with Crippen LogP contribution in [-0.4, -0.2) is 18.0 Å². The Labute approximate surface area is 190 Å². The molecule has 10 heteroatoms. The van der Waals surface area contributed by atoms with Crippen LogP contribution >= 0.6 is 34.8 Å². The van der Waals surface area contributed by atoms with E-state index >= 15 is 0 Å². The van der Waals surface area contributed by atoms with E-state index in [-0.39, 0.29) is 20.0 Å². The van der Waals surface area contributed by atoms with Crippen molar-refractivity contribution >= 4 is 44.8 Å². The Morgan fingerprint density at radius 1 is 1.10 bits per heavy atom. The maximum atomic E-state index is 12.9. The molecule has 1 N–H and O–H groups in total. The zero-order valence-corrected chi connectivity index (χ0v) is 19.6. The van der Waals surface area contributed by atoms with Crippen LogP contribution in [0, 0.1) is 6.92 Å². The summed E-state index contributed by atoms with van der Waals surface area (Å²) in [4.78, 5) is 4.16. The lowest BCUT2D eigenvalue weighted by molar-refractivity contribution is 0.408. The molecule has 1 aromatic heterocycles. The summed E-state index contributed by atoms with van der Waals surface area (Å²) in [5, 5.41) is 0.0353. The van der Waals surface area contributed by atoms with Crippen molar-refractivity contribution in [2.24, 2.45) is 0 Å². The van der Waals surface area contributed by atoms with Crippen LogP contribution < -0.4 is 9.46 Å². The molecule has 0 saturated carbocycles. The van der Waals surface area contributed by atoms with Crippen LogP contribution in [0.15, 0.2) is 47.5 Å². The molecule has 0 bridgehead atoms. The van der Waals surface area contributed by atoms with Gasteiger partial charge in [-0.1, -0.05) is 52.5 Å². The number of aromatic nitrogens is 2. The van der Waals surface area contributed by atoms with E-state index in [1.807, 2.05) is 38.1 Å². The van der Waals surface area contributed by atoms with E-state index < -0.39 is 16.1 Å². The predicted octanol–water partition coefficient (Wildman–Crippen LogP) is 6.00. The summed E-state index contributed by atoms with van der Waals surface area (Å²) in [6, 6.07) is 10.0. The Morgan fingerprint density at radius 2 is 1.77 bits per heavy atom. The summed E-state index contributed by atoms with van der Waals surface area (Å²) in [5.41, 5.74) is 1.75. The molecule has 1 heterocycles. The highest BCUT2D eigenvalue weighted by atomic mass is 35.5. The third-order valence-corrected chi connectivity index (χ3v) is 7.45. The molecule has 3 rings (SSSR count). The van der Waals surface area contributed by atoms with Crippen LogP contribution in [0.25, 0.3) is 0 Å². The van der Waals surface area contributed by atoms with Gasteiger partial charge in [-0.15, -0.1) is 0 Å². The average molecular weight is 489 g/mol. The van der Waals surface area contributed by atoms with Gasteiger partial charge in [0.2, 0.25) is 10.0 Å². The van der Waals surface area contributed by atoms with Crippen LogP contribution in [-0.2, 0) is 16.6 Å². The molecule has 1 atom stereocenters. The lowest BCUT2D eigenvalue weighted by Crippen LogP contribution is -2.28. The van der Waals surface area contributed by atoms with Crippen LogP contribution in [0.2, 0.25) is 15.1 Å². The van der Waals surface area contributed by atoms with Crippen molar-refractivity contribution in [1.82, 2.24) is 14.3 Å². The topological polar surface area (TPSA) is 73.2 Å². The number of aryl methyl sites for hydroxylation is 1. The molecule has 0 aliphatic heterocycles. The zero-order valence-electron chi connectivity index (χ0n) is 16.5. The highest BCUT2D eigenvalue weighted by molar-refractivity contribution is 7.89. The van der Waals surface area contributed by atoms with Gasteiger partial charge >= 0.3 is 6.01 Å². The van der Waals surface area contributed by atoms with Gasteiger partial charge in [0.25, 0.3) is 0 Å². The molecule has 0 radical (unpaired) electrons.